The predicted molar refractivity (Wildman–Crippen MR) is 106 cm³/mol. The van der Waals surface area contributed by atoms with E-state index < -0.39 is 0 Å². The van der Waals surface area contributed by atoms with E-state index in [1.807, 2.05) is 31.2 Å². The van der Waals surface area contributed by atoms with Crippen molar-refractivity contribution in [3.63, 3.8) is 0 Å². The van der Waals surface area contributed by atoms with Crippen LogP contribution in [0, 0.1) is 6.92 Å². The molecule has 2 aromatic heterocycles. The summed E-state index contributed by atoms with van der Waals surface area (Å²) in [5, 5.41) is 12.3. The highest BCUT2D eigenvalue weighted by atomic mass is 35.5. The molecule has 9 heteroatoms. The lowest BCUT2D eigenvalue weighted by atomic mass is 10.2. The van der Waals surface area contributed by atoms with Gasteiger partial charge < -0.3 is 15.1 Å². The van der Waals surface area contributed by atoms with Crippen molar-refractivity contribution in [3.05, 3.63) is 53.4 Å². The van der Waals surface area contributed by atoms with Gasteiger partial charge in [0, 0.05) is 49.3 Å². The Morgan fingerprint density at radius 2 is 1.70 bits per heavy atom. The van der Waals surface area contributed by atoms with Gasteiger partial charge in [0.2, 0.25) is 11.9 Å². The van der Waals surface area contributed by atoms with Gasteiger partial charge in [0.1, 0.15) is 0 Å². The number of anilines is 4. The zero-order valence-corrected chi connectivity index (χ0v) is 15.6. The number of nitrogens with zero attached hydrogens (tertiary/aromatic N) is 7. The van der Waals surface area contributed by atoms with Crippen LogP contribution < -0.4 is 15.1 Å². The van der Waals surface area contributed by atoms with E-state index in [1.165, 1.54) is 0 Å². The van der Waals surface area contributed by atoms with Gasteiger partial charge in [-0.05, 0) is 36.8 Å². The van der Waals surface area contributed by atoms with Gasteiger partial charge in [-0.1, -0.05) is 11.6 Å². The van der Waals surface area contributed by atoms with Crippen molar-refractivity contribution < 1.29 is 0 Å². The molecule has 0 saturated carbocycles. The number of aromatic nitrogens is 5. The second kappa shape index (κ2) is 7.71. The van der Waals surface area contributed by atoms with E-state index in [9.17, 15) is 0 Å². The van der Waals surface area contributed by atoms with E-state index in [4.69, 9.17) is 11.6 Å². The summed E-state index contributed by atoms with van der Waals surface area (Å²) in [6.07, 6.45) is 5.14. The number of nitrogens with one attached hydrogen (secondary N) is 1. The minimum atomic E-state index is 0.611. The standard InChI is InChI=1S/C18H19ClN8/c1-13-11-14(19)3-4-15(13)23-16-12-22-25-18(24-16)27-9-7-26(8-10-27)17-20-5-2-6-21-17/h2-6,11-12H,7-10H2,1H3,(H,23,24,25). The van der Waals surface area contributed by atoms with Gasteiger partial charge in [0.25, 0.3) is 0 Å². The highest BCUT2D eigenvalue weighted by Crippen LogP contribution is 2.23. The van der Waals surface area contributed by atoms with Crippen LogP contribution in [0.4, 0.5) is 23.4 Å². The normalized spacial score (nSPS) is 14.3. The average molecular weight is 383 g/mol. The number of halogens is 1. The van der Waals surface area contributed by atoms with Gasteiger partial charge in [-0.15, -0.1) is 5.10 Å². The van der Waals surface area contributed by atoms with Crippen molar-refractivity contribution in [1.82, 2.24) is 25.1 Å². The smallest absolute Gasteiger partial charge is 0.247 e. The summed E-state index contributed by atoms with van der Waals surface area (Å²) in [7, 11) is 0. The summed E-state index contributed by atoms with van der Waals surface area (Å²) in [4.78, 5) is 17.5. The quantitative estimate of drug-likeness (QED) is 0.737. The van der Waals surface area contributed by atoms with E-state index in [1.54, 1.807) is 18.6 Å². The van der Waals surface area contributed by atoms with Crippen LogP contribution in [-0.2, 0) is 0 Å². The first-order valence-electron chi connectivity index (χ1n) is 8.69. The summed E-state index contributed by atoms with van der Waals surface area (Å²) in [5.74, 6) is 2.02. The Morgan fingerprint density at radius 3 is 2.41 bits per heavy atom. The van der Waals surface area contributed by atoms with Crippen LogP contribution in [0.2, 0.25) is 5.02 Å². The third-order valence-corrected chi connectivity index (χ3v) is 4.63. The largest absolute Gasteiger partial charge is 0.339 e. The SMILES string of the molecule is Cc1cc(Cl)ccc1Nc1cnnc(N2CCN(c3ncccn3)CC2)n1. The predicted octanol–water partition coefficient (Wildman–Crippen LogP) is 2.69. The lowest BCUT2D eigenvalue weighted by Crippen LogP contribution is -2.47. The lowest BCUT2D eigenvalue weighted by Gasteiger charge is -2.34. The van der Waals surface area contributed by atoms with Crippen molar-refractivity contribution in [2.75, 3.05) is 41.3 Å². The van der Waals surface area contributed by atoms with Crippen molar-refractivity contribution in [2.24, 2.45) is 0 Å². The molecule has 0 radical (unpaired) electrons. The molecule has 27 heavy (non-hydrogen) atoms. The molecule has 4 rings (SSSR count). The van der Waals surface area contributed by atoms with Gasteiger partial charge in [0.15, 0.2) is 5.82 Å². The molecule has 1 aliphatic heterocycles. The van der Waals surface area contributed by atoms with E-state index >= 15 is 0 Å². The highest BCUT2D eigenvalue weighted by Gasteiger charge is 2.21. The van der Waals surface area contributed by atoms with Gasteiger partial charge in [-0.3, -0.25) is 0 Å². The highest BCUT2D eigenvalue weighted by molar-refractivity contribution is 6.30. The molecule has 3 heterocycles. The number of hydrogen-bond acceptors (Lipinski definition) is 8. The first-order valence-corrected chi connectivity index (χ1v) is 9.07. The molecule has 8 nitrogen and oxygen atoms in total. The molecule has 1 N–H and O–H groups in total. The maximum absolute atomic E-state index is 6.02. The molecule has 1 fully saturated rings. The zero-order chi connectivity index (χ0) is 18.6. The summed E-state index contributed by atoms with van der Waals surface area (Å²) in [5.41, 5.74) is 1.98. The van der Waals surface area contributed by atoms with Crippen molar-refractivity contribution in [1.29, 1.82) is 0 Å². The lowest BCUT2D eigenvalue weighted by molar-refractivity contribution is 0.624. The second-order valence-corrected chi connectivity index (χ2v) is 6.69. The zero-order valence-electron chi connectivity index (χ0n) is 14.9. The van der Waals surface area contributed by atoms with Gasteiger partial charge in [-0.25, -0.2) is 9.97 Å². The maximum atomic E-state index is 6.02. The summed E-state index contributed by atoms with van der Waals surface area (Å²) < 4.78 is 0. The summed E-state index contributed by atoms with van der Waals surface area (Å²) >= 11 is 6.02. The van der Waals surface area contributed by atoms with Crippen molar-refractivity contribution in [2.45, 2.75) is 6.92 Å². The summed E-state index contributed by atoms with van der Waals surface area (Å²) in [6, 6.07) is 7.50. The Bertz CT molecular complexity index is 912. The Labute approximate surface area is 162 Å². The average Bonchev–Trinajstić information content (AvgIpc) is 2.71. The molecule has 1 aromatic carbocycles. The molecular formula is C18H19ClN8. The van der Waals surface area contributed by atoms with Gasteiger partial charge in [-0.2, -0.15) is 10.1 Å². The topological polar surface area (TPSA) is 83.0 Å². The Morgan fingerprint density at radius 1 is 1.00 bits per heavy atom. The minimum Gasteiger partial charge on any atom is -0.339 e. The van der Waals surface area contributed by atoms with Crippen LogP contribution in [0.3, 0.4) is 0 Å². The number of aryl methyl sites for hydroxylation is 1. The summed E-state index contributed by atoms with van der Waals surface area (Å²) in [6.45, 7) is 5.17. The maximum Gasteiger partial charge on any atom is 0.247 e. The molecule has 0 amide bonds. The molecular weight excluding hydrogens is 364 g/mol. The number of piperazine rings is 1. The molecule has 1 saturated heterocycles. The molecule has 0 spiro atoms. The van der Waals surface area contributed by atoms with E-state index in [0.29, 0.717) is 16.8 Å². The molecule has 0 atom stereocenters. The van der Waals surface area contributed by atoms with Crippen LogP contribution in [0.1, 0.15) is 5.56 Å². The Hall–Kier alpha value is -3.00. The van der Waals surface area contributed by atoms with Crippen LogP contribution in [-0.4, -0.2) is 51.3 Å². The third kappa shape index (κ3) is 4.06. The molecule has 1 aliphatic rings. The van der Waals surface area contributed by atoms with E-state index in [-0.39, 0.29) is 0 Å². The first kappa shape index (κ1) is 17.4. The minimum absolute atomic E-state index is 0.611. The Balaban J connectivity index is 1.44. The number of benzene rings is 1. The fourth-order valence-electron chi connectivity index (χ4n) is 2.95. The fraction of sp³-hybridized carbons (Fsp3) is 0.278. The molecule has 3 aromatic rings. The van der Waals surface area contributed by atoms with E-state index in [2.05, 4.69) is 40.3 Å². The van der Waals surface area contributed by atoms with Crippen LogP contribution in [0.5, 0.6) is 0 Å². The van der Waals surface area contributed by atoms with Gasteiger partial charge >= 0.3 is 0 Å². The second-order valence-electron chi connectivity index (χ2n) is 6.25. The van der Waals surface area contributed by atoms with Crippen molar-refractivity contribution >= 4 is 35.0 Å². The first-order chi connectivity index (χ1) is 13.2. The molecule has 0 bridgehead atoms. The van der Waals surface area contributed by atoms with Crippen molar-refractivity contribution in [3.8, 4) is 0 Å². The fourth-order valence-corrected chi connectivity index (χ4v) is 3.18. The molecule has 0 aliphatic carbocycles. The van der Waals surface area contributed by atoms with Crippen LogP contribution >= 0.6 is 11.6 Å². The monoisotopic (exact) mass is 382 g/mol. The third-order valence-electron chi connectivity index (χ3n) is 4.40. The number of hydrogen-bond donors (Lipinski definition) is 1. The molecule has 138 valence electrons. The Kier molecular flexibility index (Phi) is 4.97. The number of rotatable bonds is 4. The van der Waals surface area contributed by atoms with Gasteiger partial charge in [0.05, 0.1) is 6.20 Å². The molecule has 0 unspecified atom stereocenters. The van der Waals surface area contributed by atoms with Crippen LogP contribution in [0.15, 0.2) is 42.9 Å². The van der Waals surface area contributed by atoms with E-state index in [0.717, 1.165) is 43.4 Å². The van der Waals surface area contributed by atoms with Crippen LogP contribution in [0.25, 0.3) is 0 Å².